The first-order chi connectivity index (χ1) is 11.4. The molecular weight excluding hydrogens is 342 g/mol. The van der Waals surface area contributed by atoms with E-state index in [1.54, 1.807) is 11.8 Å². The third-order valence-electron chi connectivity index (χ3n) is 3.14. The summed E-state index contributed by atoms with van der Waals surface area (Å²) in [5.41, 5.74) is 1.03. The molecule has 0 aliphatic carbocycles. The first-order valence-electron chi connectivity index (χ1n) is 7.88. The first-order valence-corrected chi connectivity index (χ1v) is 9.69. The fourth-order valence-corrected chi connectivity index (χ4v) is 3.71. The number of nitrogens with zero attached hydrogens (tertiary/aromatic N) is 2. The molecule has 7 heteroatoms. The average Bonchev–Trinajstić information content (AvgIpc) is 2.97. The third kappa shape index (κ3) is 5.49. The largest absolute Gasteiger partial charge is 0.483 e. The summed E-state index contributed by atoms with van der Waals surface area (Å²) >= 11 is 3.03. The third-order valence-corrected chi connectivity index (χ3v) is 5.31. The molecule has 1 N–H and O–H groups in total. The number of thioether (sulfide) groups is 1. The molecule has 0 aliphatic rings. The van der Waals surface area contributed by atoms with Gasteiger partial charge in [0.2, 0.25) is 5.13 Å². The van der Waals surface area contributed by atoms with Crippen LogP contribution in [-0.4, -0.2) is 28.5 Å². The van der Waals surface area contributed by atoms with Gasteiger partial charge in [-0.05, 0) is 23.5 Å². The molecule has 1 aromatic heterocycles. The van der Waals surface area contributed by atoms with Crippen LogP contribution in [0.1, 0.15) is 39.7 Å². The van der Waals surface area contributed by atoms with Crippen molar-refractivity contribution in [1.82, 2.24) is 10.2 Å². The molecule has 0 saturated carbocycles. The number of carbonyl (C=O) groups is 1. The van der Waals surface area contributed by atoms with E-state index in [-0.39, 0.29) is 17.9 Å². The quantitative estimate of drug-likeness (QED) is 0.583. The number of rotatable bonds is 7. The fourth-order valence-electron chi connectivity index (χ4n) is 2.02. The van der Waals surface area contributed by atoms with Crippen molar-refractivity contribution in [2.24, 2.45) is 0 Å². The standard InChI is InChI=1S/C17H23N3O2S2/c1-5-10-23-16-20-19-15(24-16)18-14(21)11-22-13-9-7-6-8-12(13)17(2,3)4/h6-9H,5,10-11H2,1-4H3,(H,18,19,21). The Balaban J connectivity index is 1.91. The number of benzene rings is 1. The summed E-state index contributed by atoms with van der Waals surface area (Å²) in [5, 5.41) is 11.3. The highest BCUT2D eigenvalue weighted by Crippen LogP contribution is 2.31. The highest BCUT2D eigenvalue weighted by Gasteiger charge is 2.19. The van der Waals surface area contributed by atoms with Crippen molar-refractivity contribution < 1.29 is 9.53 Å². The van der Waals surface area contributed by atoms with Crippen molar-refractivity contribution in [2.75, 3.05) is 17.7 Å². The Bertz CT molecular complexity index is 680. The molecule has 0 radical (unpaired) electrons. The normalized spacial score (nSPS) is 11.3. The lowest BCUT2D eigenvalue weighted by Crippen LogP contribution is -2.21. The lowest BCUT2D eigenvalue weighted by molar-refractivity contribution is -0.118. The second kappa shape index (κ2) is 8.48. The van der Waals surface area contributed by atoms with Crippen LogP contribution in [0.5, 0.6) is 5.75 Å². The molecule has 1 aromatic carbocycles. The Hall–Kier alpha value is -1.60. The van der Waals surface area contributed by atoms with Crippen LogP contribution in [-0.2, 0) is 10.2 Å². The van der Waals surface area contributed by atoms with Gasteiger partial charge in [-0.2, -0.15) is 0 Å². The van der Waals surface area contributed by atoms with Crippen molar-refractivity contribution in [1.29, 1.82) is 0 Å². The maximum atomic E-state index is 12.1. The summed E-state index contributed by atoms with van der Waals surface area (Å²) in [6.45, 7) is 8.41. The van der Waals surface area contributed by atoms with Crippen molar-refractivity contribution in [3.05, 3.63) is 29.8 Å². The zero-order chi connectivity index (χ0) is 17.6. The van der Waals surface area contributed by atoms with Crippen LogP contribution in [0.3, 0.4) is 0 Å². The highest BCUT2D eigenvalue weighted by atomic mass is 32.2. The van der Waals surface area contributed by atoms with Crippen molar-refractivity contribution in [2.45, 2.75) is 43.9 Å². The molecule has 0 saturated heterocycles. The monoisotopic (exact) mass is 365 g/mol. The van der Waals surface area contributed by atoms with Gasteiger partial charge in [0.1, 0.15) is 5.75 Å². The average molecular weight is 366 g/mol. The Morgan fingerprint density at radius 2 is 2.04 bits per heavy atom. The summed E-state index contributed by atoms with van der Waals surface area (Å²) in [6, 6.07) is 7.79. The summed E-state index contributed by atoms with van der Waals surface area (Å²) in [6.07, 6.45) is 1.08. The number of aromatic nitrogens is 2. The van der Waals surface area contributed by atoms with Crippen LogP contribution in [0.15, 0.2) is 28.6 Å². The van der Waals surface area contributed by atoms with Gasteiger partial charge in [-0.1, -0.05) is 69.0 Å². The first kappa shape index (κ1) is 18.7. The molecule has 0 bridgehead atoms. The topological polar surface area (TPSA) is 64.1 Å². The molecule has 5 nitrogen and oxygen atoms in total. The van der Waals surface area contributed by atoms with Gasteiger partial charge in [-0.15, -0.1) is 10.2 Å². The SMILES string of the molecule is CCCSc1nnc(NC(=O)COc2ccccc2C(C)(C)C)s1. The second-order valence-electron chi connectivity index (χ2n) is 6.30. The Labute approximate surface area is 151 Å². The molecule has 24 heavy (non-hydrogen) atoms. The summed E-state index contributed by atoms with van der Waals surface area (Å²) < 4.78 is 6.58. The zero-order valence-electron chi connectivity index (χ0n) is 14.5. The molecule has 2 rings (SSSR count). The molecule has 0 atom stereocenters. The number of anilines is 1. The number of amides is 1. The van der Waals surface area contributed by atoms with E-state index in [1.165, 1.54) is 11.3 Å². The van der Waals surface area contributed by atoms with Crippen molar-refractivity contribution >= 4 is 34.1 Å². The van der Waals surface area contributed by atoms with Gasteiger partial charge in [0.15, 0.2) is 10.9 Å². The van der Waals surface area contributed by atoms with Crippen LogP contribution in [0, 0.1) is 0 Å². The number of ether oxygens (including phenoxy) is 1. The van der Waals surface area contributed by atoms with Gasteiger partial charge in [0.25, 0.3) is 5.91 Å². The van der Waals surface area contributed by atoms with Crippen LogP contribution >= 0.6 is 23.1 Å². The molecule has 2 aromatic rings. The van der Waals surface area contributed by atoms with E-state index in [0.29, 0.717) is 5.13 Å². The van der Waals surface area contributed by atoms with Crippen LogP contribution < -0.4 is 10.1 Å². The van der Waals surface area contributed by atoms with Crippen LogP contribution in [0.4, 0.5) is 5.13 Å². The predicted molar refractivity (Wildman–Crippen MR) is 100 cm³/mol. The number of hydrogen-bond acceptors (Lipinski definition) is 6. The minimum absolute atomic E-state index is 0.0439. The van der Waals surface area contributed by atoms with E-state index in [2.05, 4.69) is 43.2 Å². The van der Waals surface area contributed by atoms with E-state index in [4.69, 9.17) is 4.74 Å². The lowest BCUT2D eigenvalue weighted by Gasteiger charge is -2.22. The molecule has 0 spiro atoms. The van der Waals surface area contributed by atoms with Gasteiger partial charge >= 0.3 is 0 Å². The number of nitrogens with one attached hydrogen (secondary N) is 1. The number of hydrogen-bond donors (Lipinski definition) is 1. The smallest absolute Gasteiger partial charge is 0.264 e. The molecular formula is C17H23N3O2S2. The van der Waals surface area contributed by atoms with E-state index >= 15 is 0 Å². The van der Waals surface area contributed by atoms with E-state index in [1.807, 2.05) is 24.3 Å². The fraction of sp³-hybridized carbons (Fsp3) is 0.471. The minimum atomic E-state index is -0.234. The maximum Gasteiger partial charge on any atom is 0.264 e. The van der Waals surface area contributed by atoms with Crippen LogP contribution in [0.2, 0.25) is 0 Å². The molecule has 0 unspecified atom stereocenters. The van der Waals surface area contributed by atoms with E-state index in [9.17, 15) is 4.79 Å². The van der Waals surface area contributed by atoms with E-state index < -0.39 is 0 Å². The number of para-hydroxylation sites is 1. The van der Waals surface area contributed by atoms with Gasteiger partial charge in [-0.3, -0.25) is 10.1 Å². The summed E-state index contributed by atoms with van der Waals surface area (Å²) in [5.74, 6) is 1.49. The van der Waals surface area contributed by atoms with Gasteiger partial charge in [0, 0.05) is 5.75 Å². The Kier molecular flexibility index (Phi) is 6.62. The minimum Gasteiger partial charge on any atom is -0.483 e. The lowest BCUT2D eigenvalue weighted by atomic mass is 9.86. The second-order valence-corrected chi connectivity index (χ2v) is 8.62. The summed E-state index contributed by atoms with van der Waals surface area (Å²) in [4.78, 5) is 12.1. The molecule has 0 fully saturated rings. The molecule has 1 heterocycles. The maximum absolute atomic E-state index is 12.1. The predicted octanol–water partition coefficient (Wildman–Crippen LogP) is 4.36. The van der Waals surface area contributed by atoms with Gasteiger partial charge in [-0.25, -0.2) is 0 Å². The summed E-state index contributed by atoms with van der Waals surface area (Å²) in [7, 11) is 0. The van der Waals surface area contributed by atoms with Gasteiger partial charge in [0.05, 0.1) is 0 Å². The highest BCUT2D eigenvalue weighted by molar-refractivity contribution is 8.01. The van der Waals surface area contributed by atoms with Crippen molar-refractivity contribution in [3.63, 3.8) is 0 Å². The number of carbonyl (C=O) groups excluding carboxylic acids is 1. The van der Waals surface area contributed by atoms with E-state index in [0.717, 1.165) is 27.8 Å². The van der Waals surface area contributed by atoms with Crippen LogP contribution in [0.25, 0.3) is 0 Å². The molecule has 130 valence electrons. The van der Waals surface area contributed by atoms with Crippen molar-refractivity contribution in [3.8, 4) is 5.75 Å². The molecule has 0 aliphatic heterocycles. The Morgan fingerprint density at radius 3 is 2.75 bits per heavy atom. The van der Waals surface area contributed by atoms with Gasteiger partial charge < -0.3 is 4.74 Å². The molecule has 1 amide bonds. The zero-order valence-corrected chi connectivity index (χ0v) is 16.1. The Morgan fingerprint density at radius 1 is 1.29 bits per heavy atom.